The van der Waals surface area contributed by atoms with Crippen LogP contribution >= 0.6 is 7.82 Å². The predicted molar refractivity (Wildman–Crippen MR) is 358 cm³/mol. The number of nitrogens with two attached hydrogens (primary N) is 1. The Morgan fingerprint density at radius 3 is 0.928 bits per heavy atom. The van der Waals surface area contributed by atoms with E-state index in [-0.39, 0.29) is 38.6 Å². The molecule has 0 fully saturated rings. The molecule has 0 heterocycles. The molecule has 0 aromatic heterocycles. The van der Waals surface area contributed by atoms with Gasteiger partial charge in [-0.1, -0.05) is 318 Å². The van der Waals surface area contributed by atoms with Crippen molar-refractivity contribution < 1.29 is 37.6 Å². The van der Waals surface area contributed by atoms with Gasteiger partial charge >= 0.3 is 19.8 Å². The number of carbonyl (C=O) groups excluding carboxylic acids is 2. The van der Waals surface area contributed by atoms with Gasteiger partial charge in [-0.3, -0.25) is 18.6 Å². The van der Waals surface area contributed by atoms with E-state index in [1.165, 1.54) is 244 Å². The van der Waals surface area contributed by atoms with Gasteiger partial charge in [0, 0.05) is 19.4 Å². The number of phosphoric acid groups is 1. The van der Waals surface area contributed by atoms with Crippen LogP contribution in [0.25, 0.3) is 0 Å². The maximum absolute atomic E-state index is 12.8. The molecule has 2 atom stereocenters. The van der Waals surface area contributed by atoms with Gasteiger partial charge < -0.3 is 20.1 Å². The maximum Gasteiger partial charge on any atom is 0.472 e. The molecule has 0 aliphatic carbocycles. The Labute approximate surface area is 513 Å². The number of rotatable bonds is 67. The number of hydrogen-bond donors (Lipinski definition) is 2. The topological polar surface area (TPSA) is 134 Å². The lowest BCUT2D eigenvalue weighted by Crippen LogP contribution is -2.29. The smallest absolute Gasteiger partial charge is 0.462 e. The van der Waals surface area contributed by atoms with E-state index in [0.29, 0.717) is 6.42 Å². The minimum Gasteiger partial charge on any atom is -0.462 e. The van der Waals surface area contributed by atoms with Gasteiger partial charge in [-0.15, -0.1) is 0 Å². The monoisotopic (exact) mass is 1180 g/mol. The number of esters is 2. The van der Waals surface area contributed by atoms with Crippen LogP contribution in [0.15, 0.2) is 72.9 Å². The van der Waals surface area contributed by atoms with Crippen LogP contribution in [-0.2, 0) is 32.7 Å². The van der Waals surface area contributed by atoms with Crippen LogP contribution in [0.2, 0.25) is 0 Å². The summed E-state index contributed by atoms with van der Waals surface area (Å²) in [6, 6.07) is 0. The Hall–Kier alpha value is -2.55. The summed E-state index contributed by atoms with van der Waals surface area (Å²) in [6.07, 6.45) is 90.1. The number of allylic oxidation sites excluding steroid dienone is 12. The molecule has 0 saturated heterocycles. The molecule has 484 valence electrons. The van der Waals surface area contributed by atoms with E-state index in [2.05, 4.69) is 86.8 Å². The summed E-state index contributed by atoms with van der Waals surface area (Å²) in [6.45, 7) is 3.75. The van der Waals surface area contributed by atoms with Crippen LogP contribution < -0.4 is 5.73 Å². The van der Waals surface area contributed by atoms with Crippen LogP contribution in [0.3, 0.4) is 0 Å². The molecule has 0 radical (unpaired) electrons. The summed E-state index contributed by atoms with van der Waals surface area (Å²) in [5.41, 5.74) is 5.40. The third-order valence-electron chi connectivity index (χ3n) is 15.6. The fraction of sp³-hybridized carbons (Fsp3) is 0.808. The standard InChI is InChI=1S/C73H134NO8P/c1-3-5-7-9-11-13-15-17-19-21-23-25-26-27-28-29-30-31-32-33-34-35-36-37-38-39-40-41-42-43-44-46-48-50-52-54-56-58-60-62-64-66-73(76)82-71(70-81-83(77,78)80-68-67-74)69-79-72(75)65-63-61-59-57-55-53-51-49-47-45-24-22-20-18-16-14-12-10-8-6-4-2/h15-18,21-24,26-27,47,49,71H,3-14,19-20,25,28-46,48,50-70,74H2,1-2H3,(H,77,78)/b17-15-,18-16-,23-21-,24-22-,27-26-,49-47-. The van der Waals surface area contributed by atoms with E-state index in [9.17, 15) is 19.0 Å². The van der Waals surface area contributed by atoms with Crippen LogP contribution in [0, 0.1) is 0 Å². The van der Waals surface area contributed by atoms with Gasteiger partial charge in [-0.05, 0) is 89.9 Å². The van der Waals surface area contributed by atoms with E-state index in [4.69, 9.17) is 24.3 Å². The minimum atomic E-state index is -4.40. The second kappa shape index (κ2) is 68.6. The highest BCUT2D eigenvalue weighted by atomic mass is 31.2. The molecule has 83 heavy (non-hydrogen) atoms. The highest BCUT2D eigenvalue weighted by Crippen LogP contribution is 2.43. The van der Waals surface area contributed by atoms with Crippen molar-refractivity contribution in [1.29, 1.82) is 0 Å². The Balaban J connectivity index is 3.79. The summed E-state index contributed by atoms with van der Waals surface area (Å²) in [5.74, 6) is -0.830. The predicted octanol–water partition coefficient (Wildman–Crippen LogP) is 23.2. The van der Waals surface area contributed by atoms with Crippen LogP contribution in [-0.4, -0.2) is 49.3 Å². The molecular formula is C73H134NO8P. The van der Waals surface area contributed by atoms with Gasteiger partial charge in [0.2, 0.25) is 0 Å². The first-order chi connectivity index (χ1) is 40.8. The normalized spacial score (nSPS) is 13.3. The molecule has 0 amide bonds. The van der Waals surface area contributed by atoms with E-state index >= 15 is 0 Å². The Morgan fingerprint density at radius 1 is 0.361 bits per heavy atom. The van der Waals surface area contributed by atoms with Crippen molar-refractivity contribution in [3.8, 4) is 0 Å². The molecule has 0 bridgehead atoms. The summed E-state index contributed by atoms with van der Waals surface area (Å²) >= 11 is 0. The lowest BCUT2D eigenvalue weighted by atomic mass is 10.0. The lowest BCUT2D eigenvalue weighted by Gasteiger charge is -2.19. The van der Waals surface area contributed by atoms with Gasteiger partial charge in [0.15, 0.2) is 6.10 Å². The fourth-order valence-corrected chi connectivity index (χ4v) is 11.1. The maximum atomic E-state index is 12.8. The van der Waals surface area contributed by atoms with Crippen LogP contribution in [0.5, 0.6) is 0 Å². The second-order valence-electron chi connectivity index (χ2n) is 23.7. The zero-order valence-corrected chi connectivity index (χ0v) is 55.3. The van der Waals surface area contributed by atoms with E-state index in [1.54, 1.807) is 0 Å². The average Bonchev–Trinajstić information content (AvgIpc) is 3.49. The van der Waals surface area contributed by atoms with Crippen molar-refractivity contribution in [3.05, 3.63) is 72.9 Å². The Bertz CT molecular complexity index is 1590. The molecule has 0 saturated carbocycles. The van der Waals surface area contributed by atoms with Crippen LogP contribution in [0.1, 0.15) is 348 Å². The van der Waals surface area contributed by atoms with Gasteiger partial charge in [-0.2, -0.15) is 0 Å². The third-order valence-corrected chi connectivity index (χ3v) is 16.5. The molecule has 0 aliphatic rings. The van der Waals surface area contributed by atoms with E-state index in [1.807, 2.05) is 0 Å². The van der Waals surface area contributed by atoms with Gasteiger partial charge in [0.1, 0.15) is 6.61 Å². The Kier molecular flexibility index (Phi) is 66.5. The summed E-state index contributed by atoms with van der Waals surface area (Å²) in [5, 5.41) is 0. The number of hydrogen-bond acceptors (Lipinski definition) is 8. The lowest BCUT2D eigenvalue weighted by molar-refractivity contribution is -0.161. The molecule has 0 aromatic carbocycles. The van der Waals surface area contributed by atoms with Gasteiger partial charge in [0.05, 0.1) is 13.2 Å². The third kappa shape index (κ3) is 68.4. The molecule has 0 rings (SSSR count). The van der Waals surface area contributed by atoms with E-state index < -0.39 is 26.5 Å². The summed E-state index contributed by atoms with van der Waals surface area (Å²) in [4.78, 5) is 35.3. The number of phosphoric ester groups is 1. The summed E-state index contributed by atoms with van der Waals surface area (Å²) < 4.78 is 33.1. The van der Waals surface area contributed by atoms with Crippen molar-refractivity contribution in [3.63, 3.8) is 0 Å². The first kappa shape index (κ1) is 80.5. The number of carbonyl (C=O) groups is 2. The van der Waals surface area contributed by atoms with Crippen LogP contribution in [0.4, 0.5) is 0 Å². The van der Waals surface area contributed by atoms with Crippen molar-refractivity contribution in [1.82, 2.24) is 0 Å². The number of ether oxygens (including phenoxy) is 2. The molecule has 3 N–H and O–H groups in total. The zero-order valence-electron chi connectivity index (χ0n) is 54.4. The van der Waals surface area contributed by atoms with Gasteiger partial charge in [0.25, 0.3) is 0 Å². The average molecular weight is 1180 g/mol. The molecule has 0 aromatic rings. The zero-order chi connectivity index (χ0) is 60.1. The fourth-order valence-electron chi connectivity index (χ4n) is 10.3. The number of unbranched alkanes of at least 4 members (excludes halogenated alkanes) is 42. The first-order valence-corrected chi connectivity index (χ1v) is 36.9. The molecule has 0 spiro atoms. The molecular weight excluding hydrogens is 1050 g/mol. The molecule has 2 unspecified atom stereocenters. The molecule has 0 aliphatic heterocycles. The summed E-state index contributed by atoms with van der Waals surface area (Å²) in [7, 11) is -4.40. The SMILES string of the molecule is CCCCCCC/C=C\C/C=C\C/C=C\CCCCCCCCCCCCCCCCCCCCCCCCCCCCC(=O)OC(COC(=O)CCCCCCCC/C=C\C/C=C\C/C=C\CCCCCCC)COP(=O)(O)OCCN. The first-order valence-electron chi connectivity index (χ1n) is 35.4. The van der Waals surface area contributed by atoms with Crippen molar-refractivity contribution in [2.24, 2.45) is 5.73 Å². The Morgan fingerprint density at radius 2 is 0.627 bits per heavy atom. The molecule has 9 nitrogen and oxygen atoms in total. The highest BCUT2D eigenvalue weighted by Gasteiger charge is 2.26. The van der Waals surface area contributed by atoms with Gasteiger partial charge in [-0.25, -0.2) is 4.57 Å². The second-order valence-corrected chi connectivity index (χ2v) is 25.2. The molecule has 10 heteroatoms. The van der Waals surface area contributed by atoms with E-state index in [0.717, 1.165) is 70.6 Å². The quantitative estimate of drug-likeness (QED) is 0.0264. The minimum absolute atomic E-state index is 0.0509. The van der Waals surface area contributed by atoms with Crippen molar-refractivity contribution in [2.75, 3.05) is 26.4 Å². The van der Waals surface area contributed by atoms with Crippen molar-refractivity contribution >= 4 is 19.8 Å². The largest absolute Gasteiger partial charge is 0.472 e. The highest BCUT2D eigenvalue weighted by molar-refractivity contribution is 7.47. The van der Waals surface area contributed by atoms with Crippen molar-refractivity contribution in [2.45, 2.75) is 354 Å².